The molecule has 0 radical (unpaired) electrons. The van der Waals surface area contributed by atoms with E-state index in [1.807, 2.05) is 24.3 Å². The van der Waals surface area contributed by atoms with Gasteiger partial charge in [0, 0.05) is 10.2 Å². The van der Waals surface area contributed by atoms with Crippen molar-refractivity contribution < 1.29 is 4.79 Å². The highest BCUT2D eigenvalue weighted by atomic mass is 79.9. The number of nitrogens with one attached hydrogen (secondary N) is 3. The number of hydrogen-bond donors (Lipinski definition) is 3. The van der Waals surface area contributed by atoms with Crippen LogP contribution in [0.4, 0.5) is 5.69 Å². The van der Waals surface area contributed by atoms with E-state index in [-0.39, 0.29) is 15.7 Å². The van der Waals surface area contributed by atoms with Gasteiger partial charge in [-0.15, -0.1) is 0 Å². The normalized spacial score (nSPS) is 12.2. The minimum atomic E-state index is -1.86. The molecule has 2 rings (SSSR count). The van der Waals surface area contributed by atoms with E-state index in [0.29, 0.717) is 0 Å². The first-order valence-corrected chi connectivity index (χ1v) is 9.83. The largest absolute Gasteiger partial charge is 0.339 e. The molecule has 0 aliphatic carbocycles. The third-order valence-electron chi connectivity index (χ3n) is 3.08. The second kappa shape index (κ2) is 9.44. The summed E-state index contributed by atoms with van der Waals surface area (Å²) >= 11 is 32.5. The maximum Gasteiger partial charge on any atom is 0.254 e. The second-order valence-corrected chi connectivity index (χ2v) is 9.14. The van der Waals surface area contributed by atoms with Gasteiger partial charge in [-0.05, 0) is 42.5 Å². The van der Waals surface area contributed by atoms with Crippen LogP contribution in [0.25, 0.3) is 0 Å². The molecular weight excluding hydrogens is 504 g/mol. The molecule has 10 heteroatoms. The number of benzene rings is 2. The smallest absolute Gasteiger partial charge is 0.254 e. The Labute approximate surface area is 184 Å². The van der Waals surface area contributed by atoms with Crippen molar-refractivity contribution in [1.29, 1.82) is 0 Å². The number of thiocarbonyl (C=S) groups is 1. The van der Waals surface area contributed by atoms with Crippen LogP contribution in [0.15, 0.2) is 53.0 Å². The van der Waals surface area contributed by atoms with Gasteiger partial charge in [0.15, 0.2) is 5.11 Å². The van der Waals surface area contributed by atoms with Gasteiger partial charge in [0.05, 0.1) is 10.6 Å². The summed E-state index contributed by atoms with van der Waals surface area (Å²) in [5.74, 6) is -0.510. The van der Waals surface area contributed by atoms with Crippen LogP contribution >= 0.6 is 74.6 Å². The highest BCUT2D eigenvalue weighted by Gasteiger charge is 2.35. The van der Waals surface area contributed by atoms with E-state index < -0.39 is 15.9 Å². The Balaban J connectivity index is 2.09. The molecule has 0 bridgehead atoms. The summed E-state index contributed by atoms with van der Waals surface area (Å²) in [5, 5.41) is 8.75. The molecular formula is C16H12BrCl4N3OS. The van der Waals surface area contributed by atoms with Gasteiger partial charge in [0.1, 0.15) is 6.17 Å². The maximum atomic E-state index is 12.4. The number of anilines is 1. The lowest BCUT2D eigenvalue weighted by Crippen LogP contribution is -2.56. The Kier molecular flexibility index (Phi) is 7.82. The monoisotopic (exact) mass is 513 g/mol. The number of carbonyl (C=O) groups excluding carboxylic acids is 1. The zero-order valence-corrected chi connectivity index (χ0v) is 18.3. The van der Waals surface area contributed by atoms with Gasteiger partial charge in [-0.25, -0.2) is 0 Å². The molecule has 4 nitrogen and oxygen atoms in total. The summed E-state index contributed by atoms with van der Waals surface area (Å²) in [6.45, 7) is 0. The fourth-order valence-electron chi connectivity index (χ4n) is 1.92. The Morgan fingerprint density at radius 1 is 1.08 bits per heavy atom. The van der Waals surface area contributed by atoms with E-state index in [9.17, 15) is 4.79 Å². The van der Waals surface area contributed by atoms with Crippen molar-refractivity contribution in [2.75, 3.05) is 5.32 Å². The first-order valence-electron chi connectivity index (χ1n) is 7.12. The van der Waals surface area contributed by atoms with Gasteiger partial charge in [0.25, 0.3) is 5.91 Å². The molecule has 0 saturated carbocycles. The van der Waals surface area contributed by atoms with Gasteiger partial charge in [-0.2, -0.15) is 0 Å². The molecule has 0 spiro atoms. The summed E-state index contributed by atoms with van der Waals surface area (Å²) in [6.07, 6.45) is -1.09. The molecule has 0 aliphatic heterocycles. The topological polar surface area (TPSA) is 53.2 Å². The quantitative estimate of drug-likeness (QED) is 0.285. The summed E-state index contributed by atoms with van der Waals surface area (Å²) in [6, 6.07) is 13.9. The van der Waals surface area contributed by atoms with Crippen molar-refractivity contribution in [3.63, 3.8) is 0 Å². The van der Waals surface area contributed by atoms with Gasteiger partial charge in [-0.1, -0.05) is 80.5 Å². The number of amides is 1. The summed E-state index contributed by atoms with van der Waals surface area (Å²) < 4.78 is -0.991. The van der Waals surface area contributed by atoms with E-state index in [4.69, 9.17) is 58.6 Å². The van der Waals surface area contributed by atoms with Crippen LogP contribution < -0.4 is 16.0 Å². The highest BCUT2D eigenvalue weighted by Crippen LogP contribution is 2.29. The molecule has 1 amide bonds. The molecule has 3 N–H and O–H groups in total. The molecule has 0 saturated heterocycles. The number of alkyl halides is 3. The molecule has 0 aromatic heterocycles. The van der Waals surface area contributed by atoms with Crippen LogP contribution in [0.1, 0.15) is 10.4 Å². The molecule has 138 valence electrons. The highest BCUT2D eigenvalue weighted by molar-refractivity contribution is 9.10. The van der Waals surface area contributed by atoms with E-state index in [1.165, 1.54) is 0 Å². The molecule has 1 atom stereocenters. The second-order valence-electron chi connectivity index (χ2n) is 5.04. The third kappa shape index (κ3) is 6.44. The standard InChI is InChI=1S/C16H12BrCl4N3OS/c17-9-4-3-5-10(8-9)22-15(26)24-14(16(19,20)21)23-13(25)11-6-1-2-7-12(11)18/h1-8,14H,(H,23,25)(H2,22,24,26)/t14-/m0/s1. The lowest BCUT2D eigenvalue weighted by molar-refractivity contribution is 0.0934. The van der Waals surface area contributed by atoms with E-state index >= 15 is 0 Å². The van der Waals surface area contributed by atoms with E-state index in [2.05, 4.69) is 31.9 Å². The summed E-state index contributed by atoms with van der Waals surface area (Å²) in [5.41, 5.74) is 0.971. The molecule has 2 aromatic rings. The zero-order chi connectivity index (χ0) is 19.3. The average Bonchev–Trinajstić information content (AvgIpc) is 2.53. The number of carbonyl (C=O) groups is 1. The van der Waals surface area contributed by atoms with Gasteiger partial charge in [0.2, 0.25) is 3.79 Å². The molecule has 0 fully saturated rings. The van der Waals surface area contributed by atoms with E-state index in [0.717, 1.165) is 10.2 Å². The predicted molar refractivity (Wildman–Crippen MR) is 116 cm³/mol. The van der Waals surface area contributed by atoms with Crippen molar-refractivity contribution in [3.05, 3.63) is 63.6 Å². The van der Waals surface area contributed by atoms with Crippen LogP contribution in [0.3, 0.4) is 0 Å². The van der Waals surface area contributed by atoms with Crippen molar-refractivity contribution in [3.8, 4) is 0 Å². The minimum absolute atomic E-state index is 0.166. The minimum Gasteiger partial charge on any atom is -0.339 e. The van der Waals surface area contributed by atoms with Gasteiger partial charge < -0.3 is 16.0 Å². The van der Waals surface area contributed by atoms with Crippen molar-refractivity contribution in [2.24, 2.45) is 0 Å². The van der Waals surface area contributed by atoms with Crippen molar-refractivity contribution in [2.45, 2.75) is 9.96 Å². The molecule has 0 unspecified atom stereocenters. The summed E-state index contributed by atoms with van der Waals surface area (Å²) in [4.78, 5) is 12.4. The molecule has 0 heterocycles. The van der Waals surface area contributed by atoms with E-state index in [1.54, 1.807) is 24.3 Å². The van der Waals surface area contributed by atoms with Crippen LogP contribution in [-0.4, -0.2) is 21.0 Å². The molecule has 26 heavy (non-hydrogen) atoms. The summed E-state index contributed by atoms with van der Waals surface area (Å²) in [7, 11) is 0. The Morgan fingerprint density at radius 2 is 1.77 bits per heavy atom. The Bertz CT molecular complexity index is 816. The fourth-order valence-corrected chi connectivity index (χ4v) is 3.10. The number of rotatable bonds is 4. The van der Waals surface area contributed by atoms with Gasteiger partial charge >= 0.3 is 0 Å². The van der Waals surface area contributed by atoms with Crippen molar-refractivity contribution in [1.82, 2.24) is 10.6 Å². The zero-order valence-electron chi connectivity index (χ0n) is 12.9. The first-order chi connectivity index (χ1) is 12.2. The fraction of sp³-hybridized carbons (Fsp3) is 0.125. The first kappa shape index (κ1) is 21.5. The lowest BCUT2D eigenvalue weighted by Gasteiger charge is -2.28. The average molecular weight is 516 g/mol. The Hall–Kier alpha value is -0.760. The third-order valence-corrected chi connectivity index (χ3v) is 4.78. The lowest BCUT2D eigenvalue weighted by atomic mass is 10.2. The van der Waals surface area contributed by atoms with Crippen molar-refractivity contribution >= 4 is 91.3 Å². The SMILES string of the molecule is O=C(N[C@@H](NC(=S)Nc1cccc(Br)c1)C(Cl)(Cl)Cl)c1ccccc1Cl. The maximum absolute atomic E-state index is 12.4. The van der Waals surface area contributed by atoms with Crippen LogP contribution in [0, 0.1) is 0 Å². The van der Waals surface area contributed by atoms with Gasteiger partial charge in [-0.3, -0.25) is 4.79 Å². The van der Waals surface area contributed by atoms with Crippen LogP contribution in [-0.2, 0) is 0 Å². The molecule has 0 aliphatic rings. The predicted octanol–water partition coefficient (Wildman–Crippen LogP) is 5.52. The van der Waals surface area contributed by atoms with Crippen LogP contribution in [0.5, 0.6) is 0 Å². The Morgan fingerprint density at radius 3 is 2.38 bits per heavy atom. The number of halogens is 5. The number of hydrogen-bond acceptors (Lipinski definition) is 2. The molecule has 2 aromatic carbocycles. The van der Waals surface area contributed by atoms with Crippen LogP contribution in [0.2, 0.25) is 5.02 Å².